The van der Waals surface area contributed by atoms with Crippen LogP contribution in [-0.4, -0.2) is 28.6 Å². The first-order valence-corrected chi connectivity index (χ1v) is 13.3. The summed E-state index contributed by atoms with van der Waals surface area (Å²) >= 11 is 0. The van der Waals surface area contributed by atoms with Crippen molar-refractivity contribution < 1.29 is 9.59 Å². The summed E-state index contributed by atoms with van der Waals surface area (Å²) in [5.74, 6) is -0.315. The fourth-order valence-electron chi connectivity index (χ4n) is 6.20. The normalized spacial score (nSPS) is 19.7. The standard InChI is InChI=1S/C35H26N2O2/c38-34(24-12-3-1-4-13-24)28-22-32(35(39)25-14-5-2-6-15-25)37-31-18-10-8-16-26(31)21-27(33(28)37)30-20-19-23-11-7-9-17-29(23)36-30/h1-21,28,32-33H,22H2/t28-,32-,33-/m1/s1. The SMILES string of the molecule is O=C(c1ccccc1)[C@H]1C[C@@H](C(=O)c2ccccc2)[C@H]2C(c3ccc4ccccc4n3)=Cc3ccccc3N12. The number of benzene rings is 4. The number of rotatable bonds is 5. The van der Waals surface area contributed by atoms with E-state index in [9.17, 15) is 9.59 Å². The number of carbonyl (C=O) groups is 2. The van der Waals surface area contributed by atoms with Crippen LogP contribution in [0.1, 0.15) is 38.4 Å². The summed E-state index contributed by atoms with van der Waals surface area (Å²) in [6.07, 6.45) is 2.60. The Morgan fingerprint density at radius 2 is 1.31 bits per heavy atom. The Kier molecular flexibility index (Phi) is 5.66. The molecule has 7 rings (SSSR count). The van der Waals surface area contributed by atoms with Gasteiger partial charge in [0.25, 0.3) is 0 Å². The second-order valence-corrected chi connectivity index (χ2v) is 10.2. The highest BCUT2D eigenvalue weighted by molar-refractivity contribution is 6.09. The van der Waals surface area contributed by atoms with Gasteiger partial charge in [-0.05, 0) is 36.3 Å². The predicted octanol–water partition coefficient (Wildman–Crippen LogP) is 7.12. The molecule has 0 bridgehead atoms. The maximum atomic E-state index is 14.1. The van der Waals surface area contributed by atoms with Crippen LogP contribution >= 0.6 is 0 Å². The lowest BCUT2D eigenvalue weighted by molar-refractivity contribution is 0.0914. The highest BCUT2D eigenvalue weighted by Crippen LogP contribution is 2.48. The molecule has 4 heteroatoms. The van der Waals surface area contributed by atoms with Crippen LogP contribution in [0.2, 0.25) is 0 Å². The van der Waals surface area contributed by atoms with Crippen LogP contribution in [0.15, 0.2) is 121 Å². The molecule has 3 heterocycles. The van der Waals surface area contributed by atoms with Gasteiger partial charge in [0, 0.05) is 33.7 Å². The second kappa shape index (κ2) is 9.48. The Bertz CT molecular complexity index is 1740. The van der Waals surface area contributed by atoms with Gasteiger partial charge < -0.3 is 4.90 Å². The summed E-state index contributed by atoms with van der Waals surface area (Å²) in [4.78, 5) is 35.4. The summed E-state index contributed by atoms with van der Waals surface area (Å²) in [7, 11) is 0. The minimum absolute atomic E-state index is 0.0338. The summed E-state index contributed by atoms with van der Waals surface area (Å²) in [5.41, 5.74) is 6.03. The van der Waals surface area contributed by atoms with Gasteiger partial charge in [-0.1, -0.05) is 103 Å². The monoisotopic (exact) mass is 506 g/mol. The average molecular weight is 507 g/mol. The van der Waals surface area contributed by atoms with E-state index in [4.69, 9.17) is 4.98 Å². The number of para-hydroxylation sites is 2. The van der Waals surface area contributed by atoms with Crippen LogP contribution in [0, 0.1) is 5.92 Å². The van der Waals surface area contributed by atoms with Crippen LogP contribution in [0.3, 0.4) is 0 Å². The van der Waals surface area contributed by atoms with Gasteiger partial charge in [0.15, 0.2) is 11.6 Å². The number of Topliss-reactive ketones (excluding diaryl/α,β-unsaturated/α-hetero) is 2. The number of nitrogens with zero attached hydrogens (tertiary/aromatic N) is 2. The molecule has 3 atom stereocenters. The molecule has 5 aromatic rings. The first-order chi connectivity index (χ1) is 19.2. The number of anilines is 1. The van der Waals surface area contributed by atoms with E-state index in [1.165, 1.54) is 0 Å². The van der Waals surface area contributed by atoms with Gasteiger partial charge in [0.1, 0.15) is 0 Å². The molecule has 2 aliphatic heterocycles. The molecule has 0 saturated carbocycles. The molecule has 188 valence electrons. The van der Waals surface area contributed by atoms with Crippen molar-refractivity contribution >= 4 is 39.8 Å². The molecule has 4 nitrogen and oxygen atoms in total. The minimum Gasteiger partial charge on any atom is -0.353 e. The number of aromatic nitrogens is 1. The van der Waals surface area contributed by atoms with Crippen LogP contribution in [0.4, 0.5) is 5.69 Å². The van der Waals surface area contributed by atoms with E-state index in [1.54, 1.807) is 0 Å². The first-order valence-electron chi connectivity index (χ1n) is 13.3. The molecule has 1 saturated heterocycles. The van der Waals surface area contributed by atoms with E-state index in [-0.39, 0.29) is 17.6 Å². The number of pyridine rings is 1. The van der Waals surface area contributed by atoms with Gasteiger partial charge in [-0.15, -0.1) is 0 Å². The molecular weight excluding hydrogens is 480 g/mol. The maximum Gasteiger partial charge on any atom is 0.185 e. The molecule has 0 amide bonds. The smallest absolute Gasteiger partial charge is 0.185 e. The zero-order valence-corrected chi connectivity index (χ0v) is 21.3. The van der Waals surface area contributed by atoms with Gasteiger partial charge in [0.2, 0.25) is 0 Å². The van der Waals surface area contributed by atoms with Crippen molar-refractivity contribution in [3.05, 3.63) is 144 Å². The molecule has 1 fully saturated rings. The van der Waals surface area contributed by atoms with Gasteiger partial charge in [-0.2, -0.15) is 0 Å². The average Bonchev–Trinajstić information content (AvgIpc) is 3.41. The molecule has 0 spiro atoms. The molecule has 39 heavy (non-hydrogen) atoms. The largest absolute Gasteiger partial charge is 0.353 e. The minimum atomic E-state index is -0.472. The molecular formula is C35H26N2O2. The van der Waals surface area contributed by atoms with Crippen molar-refractivity contribution in [3.8, 4) is 0 Å². The lowest BCUT2D eigenvalue weighted by Gasteiger charge is -2.38. The van der Waals surface area contributed by atoms with Crippen molar-refractivity contribution in [2.45, 2.75) is 18.5 Å². The van der Waals surface area contributed by atoms with Crippen molar-refractivity contribution in [3.63, 3.8) is 0 Å². The summed E-state index contributed by atoms with van der Waals surface area (Å²) in [5, 5.41) is 1.07. The number of ketones is 2. The first kappa shape index (κ1) is 23.3. The van der Waals surface area contributed by atoms with Crippen molar-refractivity contribution in [1.82, 2.24) is 4.98 Å². The zero-order chi connectivity index (χ0) is 26.3. The molecule has 0 radical (unpaired) electrons. The Labute approximate surface area is 227 Å². The van der Waals surface area contributed by atoms with E-state index in [0.29, 0.717) is 17.5 Å². The number of hydrogen-bond acceptors (Lipinski definition) is 4. The Morgan fingerprint density at radius 1 is 0.667 bits per heavy atom. The fraction of sp³-hybridized carbons (Fsp3) is 0.114. The highest BCUT2D eigenvalue weighted by Gasteiger charge is 2.51. The molecule has 2 aliphatic rings. The third-order valence-electron chi connectivity index (χ3n) is 7.99. The molecule has 0 unspecified atom stereocenters. The Morgan fingerprint density at radius 3 is 2.08 bits per heavy atom. The van der Waals surface area contributed by atoms with E-state index < -0.39 is 12.0 Å². The number of hydrogen-bond donors (Lipinski definition) is 0. The Balaban J connectivity index is 1.42. The van der Waals surface area contributed by atoms with E-state index in [0.717, 1.165) is 33.4 Å². The van der Waals surface area contributed by atoms with E-state index in [2.05, 4.69) is 35.2 Å². The number of carbonyl (C=O) groups excluding carboxylic acids is 2. The lowest BCUT2D eigenvalue weighted by atomic mass is 9.82. The summed E-state index contributed by atoms with van der Waals surface area (Å²) in [6, 6.07) is 38.4. The number of fused-ring (bicyclic) bond motifs is 4. The van der Waals surface area contributed by atoms with Crippen molar-refractivity contribution in [1.29, 1.82) is 0 Å². The molecule has 4 aromatic carbocycles. The van der Waals surface area contributed by atoms with E-state index in [1.807, 2.05) is 97.1 Å². The van der Waals surface area contributed by atoms with Crippen molar-refractivity contribution in [2.75, 3.05) is 4.90 Å². The quantitative estimate of drug-likeness (QED) is 0.238. The zero-order valence-electron chi connectivity index (χ0n) is 21.3. The summed E-state index contributed by atoms with van der Waals surface area (Å²) in [6.45, 7) is 0. The van der Waals surface area contributed by atoms with Crippen LogP contribution in [-0.2, 0) is 0 Å². The van der Waals surface area contributed by atoms with Crippen LogP contribution in [0.25, 0.3) is 22.6 Å². The van der Waals surface area contributed by atoms with E-state index >= 15 is 0 Å². The van der Waals surface area contributed by atoms with Gasteiger partial charge in [-0.3, -0.25) is 9.59 Å². The highest BCUT2D eigenvalue weighted by atomic mass is 16.1. The molecule has 1 aromatic heterocycles. The third-order valence-corrected chi connectivity index (χ3v) is 7.99. The van der Waals surface area contributed by atoms with Gasteiger partial charge in [0.05, 0.1) is 23.3 Å². The Hall–Kier alpha value is -4.83. The lowest BCUT2D eigenvalue weighted by Crippen LogP contribution is -2.45. The summed E-state index contributed by atoms with van der Waals surface area (Å²) < 4.78 is 0. The van der Waals surface area contributed by atoms with Crippen LogP contribution in [0.5, 0.6) is 0 Å². The topological polar surface area (TPSA) is 50.3 Å². The van der Waals surface area contributed by atoms with Gasteiger partial charge >= 0.3 is 0 Å². The van der Waals surface area contributed by atoms with Crippen LogP contribution < -0.4 is 4.90 Å². The maximum absolute atomic E-state index is 14.1. The fourth-order valence-corrected chi connectivity index (χ4v) is 6.20. The van der Waals surface area contributed by atoms with Crippen molar-refractivity contribution in [2.24, 2.45) is 5.92 Å². The predicted molar refractivity (Wildman–Crippen MR) is 156 cm³/mol. The molecule has 0 aliphatic carbocycles. The second-order valence-electron chi connectivity index (χ2n) is 10.2. The van der Waals surface area contributed by atoms with Gasteiger partial charge in [-0.25, -0.2) is 4.98 Å². The molecule has 0 N–H and O–H groups in total. The third kappa shape index (κ3) is 3.96.